The molecule has 0 atom stereocenters. The van der Waals surface area contributed by atoms with E-state index in [9.17, 15) is 4.39 Å². The van der Waals surface area contributed by atoms with E-state index in [1.54, 1.807) is 17.4 Å². The predicted octanol–water partition coefficient (Wildman–Crippen LogP) is 5.56. The summed E-state index contributed by atoms with van der Waals surface area (Å²) in [5, 5.41) is 3.14. The van der Waals surface area contributed by atoms with Crippen LogP contribution in [0.25, 0.3) is 0 Å². The molecule has 0 bridgehead atoms. The van der Waals surface area contributed by atoms with Crippen LogP contribution in [0.1, 0.15) is 30.5 Å². The van der Waals surface area contributed by atoms with Crippen molar-refractivity contribution < 1.29 is 4.39 Å². The van der Waals surface area contributed by atoms with Crippen LogP contribution < -0.4 is 5.32 Å². The second-order valence-electron chi connectivity index (χ2n) is 5.49. The van der Waals surface area contributed by atoms with Crippen LogP contribution in [-0.4, -0.2) is 0 Å². The van der Waals surface area contributed by atoms with Crippen molar-refractivity contribution in [2.45, 2.75) is 32.7 Å². The Kier molecular flexibility index (Phi) is 4.31. The Balaban J connectivity index is 2.04. The molecule has 2 aromatic rings. The molecule has 102 valence electrons. The van der Waals surface area contributed by atoms with Crippen LogP contribution in [0.2, 0.25) is 0 Å². The van der Waals surface area contributed by atoms with E-state index in [1.807, 2.05) is 6.07 Å². The predicted molar refractivity (Wildman–Crippen MR) is 84.4 cm³/mol. The standard InChI is InChI=1S/C15H17BrFNS/c1-15(2,3)14-7-5-11(19-14)9-18-13-6-4-10(16)8-12(13)17/h4-8,18H,9H2,1-3H3. The molecule has 19 heavy (non-hydrogen) atoms. The minimum atomic E-state index is -0.234. The lowest BCUT2D eigenvalue weighted by Gasteiger charge is -2.15. The molecule has 1 heterocycles. The molecule has 0 unspecified atom stereocenters. The minimum absolute atomic E-state index is 0.172. The fraction of sp³-hybridized carbons (Fsp3) is 0.333. The van der Waals surface area contributed by atoms with Gasteiger partial charge in [0.2, 0.25) is 0 Å². The average molecular weight is 342 g/mol. The van der Waals surface area contributed by atoms with Crippen molar-refractivity contribution in [2.24, 2.45) is 0 Å². The van der Waals surface area contributed by atoms with Crippen LogP contribution in [0, 0.1) is 5.82 Å². The van der Waals surface area contributed by atoms with Crippen molar-refractivity contribution in [2.75, 3.05) is 5.32 Å². The Morgan fingerprint density at radius 1 is 1.21 bits per heavy atom. The highest BCUT2D eigenvalue weighted by Gasteiger charge is 2.15. The van der Waals surface area contributed by atoms with Gasteiger partial charge in [0, 0.05) is 20.8 Å². The molecule has 1 nitrogen and oxygen atoms in total. The van der Waals surface area contributed by atoms with Crippen LogP contribution in [0.5, 0.6) is 0 Å². The number of anilines is 1. The summed E-state index contributed by atoms with van der Waals surface area (Å²) in [6.07, 6.45) is 0. The van der Waals surface area contributed by atoms with Crippen LogP contribution in [0.4, 0.5) is 10.1 Å². The van der Waals surface area contributed by atoms with E-state index in [-0.39, 0.29) is 11.2 Å². The summed E-state index contributed by atoms with van der Waals surface area (Å²) in [6, 6.07) is 9.31. The third-order valence-corrected chi connectivity index (χ3v) is 4.79. The van der Waals surface area contributed by atoms with Crippen LogP contribution >= 0.6 is 27.3 Å². The number of nitrogens with one attached hydrogen (secondary N) is 1. The fourth-order valence-corrected chi connectivity index (χ4v) is 3.03. The molecule has 1 N–H and O–H groups in total. The largest absolute Gasteiger partial charge is 0.378 e. The SMILES string of the molecule is CC(C)(C)c1ccc(CNc2ccc(Br)cc2F)s1. The van der Waals surface area contributed by atoms with Gasteiger partial charge in [0.25, 0.3) is 0 Å². The number of thiophene rings is 1. The summed E-state index contributed by atoms with van der Waals surface area (Å²) in [7, 11) is 0. The molecule has 0 radical (unpaired) electrons. The van der Waals surface area contributed by atoms with Crippen LogP contribution in [0.3, 0.4) is 0 Å². The summed E-state index contributed by atoms with van der Waals surface area (Å²) in [4.78, 5) is 2.56. The second-order valence-corrected chi connectivity index (χ2v) is 7.58. The number of rotatable bonds is 3. The maximum Gasteiger partial charge on any atom is 0.147 e. The quantitative estimate of drug-likeness (QED) is 0.770. The van der Waals surface area contributed by atoms with E-state index in [0.29, 0.717) is 12.2 Å². The molecular weight excluding hydrogens is 325 g/mol. The normalized spacial score (nSPS) is 11.6. The Morgan fingerprint density at radius 2 is 1.95 bits per heavy atom. The van der Waals surface area contributed by atoms with Gasteiger partial charge >= 0.3 is 0 Å². The van der Waals surface area contributed by atoms with Gasteiger partial charge in [-0.1, -0.05) is 36.7 Å². The highest BCUT2D eigenvalue weighted by Crippen LogP contribution is 2.30. The molecule has 0 fully saturated rings. The van der Waals surface area contributed by atoms with Gasteiger partial charge in [-0.3, -0.25) is 0 Å². The number of hydrogen-bond acceptors (Lipinski definition) is 2. The molecule has 4 heteroatoms. The van der Waals surface area contributed by atoms with Gasteiger partial charge < -0.3 is 5.32 Å². The van der Waals surface area contributed by atoms with Crippen LogP contribution in [0.15, 0.2) is 34.8 Å². The lowest BCUT2D eigenvalue weighted by atomic mass is 9.95. The fourth-order valence-electron chi connectivity index (χ4n) is 1.69. The second kappa shape index (κ2) is 5.63. The summed E-state index contributed by atoms with van der Waals surface area (Å²) in [5.74, 6) is -0.234. The molecule has 2 rings (SSSR count). The van der Waals surface area contributed by atoms with Gasteiger partial charge in [-0.2, -0.15) is 0 Å². The number of benzene rings is 1. The van der Waals surface area contributed by atoms with Crippen molar-refractivity contribution in [3.8, 4) is 0 Å². The maximum absolute atomic E-state index is 13.7. The molecule has 1 aromatic heterocycles. The monoisotopic (exact) mass is 341 g/mol. The zero-order valence-electron chi connectivity index (χ0n) is 11.3. The van der Waals surface area contributed by atoms with E-state index in [4.69, 9.17) is 0 Å². The summed E-state index contributed by atoms with van der Waals surface area (Å²) >= 11 is 5.03. The van der Waals surface area contributed by atoms with E-state index in [2.05, 4.69) is 54.2 Å². The van der Waals surface area contributed by atoms with Gasteiger partial charge in [0.15, 0.2) is 0 Å². The molecular formula is C15H17BrFNS. The summed E-state index contributed by atoms with van der Waals surface area (Å²) in [5.41, 5.74) is 0.708. The molecule has 0 aliphatic heterocycles. The molecule has 0 saturated carbocycles. The van der Waals surface area contributed by atoms with Crippen molar-refractivity contribution in [3.63, 3.8) is 0 Å². The molecule has 0 saturated heterocycles. The van der Waals surface area contributed by atoms with Crippen molar-refractivity contribution >= 4 is 33.0 Å². The van der Waals surface area contributed by atoms with Gasteiger partial charge in [-0.25, -0.2) is 4.39 Å². The Hall–Kier alpha value is -0.870. The van der Waals surface area contributed by atoms with E-state index in [0.717, 1.165) is 4.47 Å². The maximum atomic E-state index is 13.7. The third-order valence-electron chi connectivity index (χ3n) is 2.79. The Bertz CT molecular complexity index is 572. The van der Waals surface area contributed by atoms with Gasteiger partial charge in [0.05, 0.1) is 5.69 Å². The number of halogens is 2. The highest BCUT2D eigenvalue weighted by atomic mass is 79.9. The Labute approximate surface area is 126 Å². The summed E-state index contributed by atoms with van der Waals surface area (Å²) < 4.78 is 14.4. The zero-order chi connectivity index (χ0) is 14.0. The van der Waals surface area contributed by atoms with E-state index in [1.165, 1.54) is 15.8 Å². The van der Waals surface area contributed by atoms with Gasteiger partial charge in [-0.05, 0) is 35.7 Å². The molecule has 1 aromatic carbocycles. The lowest BCUT2D eigenvalue weighted by molar-refractivity contribution is 0.604. The first-order valence-electron chi connectivity index (χ1n) is 6.14. The Morgan fingerprint density at radius 3 is 2.53 bits per heavy atom. The van der Waals surface area contributed by atoms with Crippen LogP contribution in [-0.2, 0) is 12.0 Å². The first-order chi connectivity index (χ1) is 8.86. The molecule has 0 amide bonds. The van der Waals surface area contributed by atoms with Gasteiger partial charge in [-0.15, -0.1) is 11.3 Å². The zero-order valence-corrected chi connectivity index (χ0v) is 13.7. The minimum Gasteiger partial charge on any atom is -0.378 e. The topological polar surface area (TPSA) is 12.0 Å². The van der Waals surface area contributed by atoms with Gasteiger partial charge in [0.1, 0.15) is 5.82 Å². The van der Waals surface area contributed by atoms with Crippen molar-refractivity contribution in [1.29, 1.82) is 0 Å². The van der Waals surface area contributed by atoms with Crippen molar-refractivity contribution in [1.82, 2.24) is 0 Å². The van der Waals surface area contributed by atoms with Crippen molar-refractivity contribution in [3.05, 3.63) is 50.4 Å². The molecule has 0 spiro atoms. The lowest BCUT2D eigenvalue weighted by Crippen LogP contribution is -2.07. The van der Waals surface area contributed by atoms with E-state index < -0.39 is 0 Å². The first-order valence-corrected chi connectivity index (χ1v) is 7.75. The number of hydrogen-bond donors (Lipinski definition) is 1. The van der Waals surface area contributed by atoms with E-state index >= 15 is 0 Å². The highest BCUT2D eigenvalue weighted by molar-refractivity contribution is 9.10. The molecule has 0 aliphatic rings. The molecule has 0 aliphatic carbocycles. The first kappa shape index (κ1) is 14.5. The average Bonchev–Trinajstić information content (AvgIpc) is 2.76. The third kappa shape index (κ3) is 3.80. The summed E-state index contributed by atoms with van der Waals surface area (Å²) in [6.45, 7) is 7.25. The smallest absolute Gasteiger partial charge is 0.147 e.